The van der Waals surface area contributed by atoms with Gasteiger partial charge in [-0.05, 0) is 93.6 Å². The summed E-state index contributed by atoms with van der Waals surface area (Å²) in [5.41, 5.74) is 1.18. The van der Waals surface area contributed by atoms with E-state index in [2.05, 4.69) is 15.7 Å². The number of hydrogen-bond acceptors (Lipinski definition) is 9. The second-order valence-corrected chi connectivity index (χ2v) is 15.7. The molecule has 4 atom stereocenters. The van der Waals surface area contributed by atoms with Crippen LogP contribution in [0, 0.1) is 17.2 Å². The summed E-state index contributed by atoms with van der Waals surface area (Å²) >= 11 is 0. The third-order valence-corrected chi connectivity index (χ3v) is 12.1. The van der Waals surface area contributed by atoms with Gasteiger partial charge >= 0.3 is 12.1 Å². The Kier molecular flexibility index (Phi) is 15.1. The molecule has 1 unspecified atom stereocenters. The van der Waals surface area contributed by atoms with E-state index in [0.717, 1.165) is 21.6 Å². The maximum atomic E-state index is 14.3. The highest BCUT2D eigenvalue weighted by atomic mass is 31.2. The lowest BCUT2D eigenvalue weighted by molar-refractivity contribution is -0.171. The number of ether oxygens (including phenoxy) is 3. The van der Waals surface area contributed by atoms with Crippen LogP contribution in [-0.2, 0) is 24.2 Å². The van der Waals surface area contributed by atoms with Crippen molar-refractivity contribution in [3.8, 4) is 17.6 Å². The first kappa shape index (κ1) is 43.6. The Bertz CT molecular complexity index is 1840. The van der Waals surface area contributed by atoms with Crippen LogP contribution in [0.5, 0.6) is 11.5 Å². The Balaban J connectivity index is 1.63. The van der Waals surface area contributed by atoms with E-state index in [1.807, 2.05) is 107 Å². The number of hydrogen-bond donors (Lipinski definition) is 0. The van der Waals surface area contributed by atoms with Crippen LogP contribution in [0.15, 0.2) is 103 Å². The normalized spacial score (nSPS) is 17.8. The van der Waals surface area contributed by atoms with Crippen molar-refractivity contribution in [2.75, 3.05) is 32.3 Å². The summed E-state index contributed by atoms with van der Waals surface area (Å²) in [6.07, 6.45) is -2.87. The lowest BCUT2D eigenvalue weighted by Crippen LogP contribution is -2.47. The first-order valence-corrected chi connectivity index (χ1v) is 20.0. The highest BCUT2D eigenvalue weighted by Crippen LogP contribution is 2.52. The Morgan fingerprint density at radius 3 is 1.93 bits per heavy atom. The molecule has 1 aliphatic rings. The molecule has 0 radical (unpaired) electrons. The average molecular weight is 807 g/mol. The van der Waals surface area contributed by atoms with Gasteiger partial charge in [0.05, 0.1) is 57.9 Å². The molecule has 14 heteroatoms. The van der Waals surface area contributed by atoms with E-state index in [1.165, 1.54) is 24.5 Å². The van der Waals surface area contributed by atoms with Crippen molar-refractivity contribution < 1.29 is 41.2 Å². The van der Waals surface area contributed by atoms with E-state index in [1.54, 1.807) is 14.2 Å². The standard InChI is InChI=1S/C43H50F3N4O6P/c1-30(2)50(31(3)4)57(55-25-11-23-47)56-40-27-37(49(41(51)43(44,45)46)36-14-10-24-48-28-36)26-32(40)29-54-42(33-12-8-7-9-13-33,34-15-19-38(52-5)20-16-34)35-17-21-39(53-6)22-18-35/h7-10,12-22,24,28,30-32,37,40H,11,25-27,29H2,1-6H3/t32-,37+,40+,57?/m1/s1. The fraction of sp³-hybridized carbons (Fsp3) is 0.419. The van der Waals surface area contributed by atoms with Gasteiger partial charge in [-0.2, -0.15) is 18.4 Å². The van der Waals surface area contributed by atoms with Gasteiger partial charge in [0.25, 0.3) is 8.53 Å². The van der Waals surface area contributed by atoms with Gasteiger partial charge in [-0.3, -0.25) is 14.7 Å². The highest BCUT2D eigenvalue weighted by molar-refractivity contribution is 7.44. The number of methoxy groups -OCH3 is 2. The highest BCUT2D eigenvalue weighted by Gasteiger charge is 2.50. The van der Waals surface area contributed by atoms with Crippen LogP contribution >= 0.6 is 8.53 Å². The molecular formula is C43H50F3N4O6P. The molecule has 57 heavy (non-hydrogen) atoms. The minimum Gasteiger partial charge on any atom is -0.497 e. The van der Waals surface area contributed by atoms with Crippen LogP contribution in [-0.4, -0.2) is 73.4 Å². The molecule has 0 aliphatic heterocycles. The van der Waals surface area contributed by atoms with Crippen molar-refractivity contribution in [3.63, 3.8) is 0 Å². The number of nitrogens with zero attached hydrogens (tertiary/aromatic N) is 4. The minimum absolute atomic E-state index is 0.0138. The van der Waals surface area contributed by atoms with Crippen molar-refractivity contribution in [1.29, 1.82) is 5.26 Å². The number of benzene rings is 3. The summed E-state index contributed by atoms with van der Waals surface area (Å²) in [6, 6.07) is 28.9. The SMILES string of the molecule is COc1ccc(C(OC[C@H]2C[C@H](N(C(=O)C(F)(F)F)c3cccnc3)C[C@@H]2OP(OCCC#N)N(C(C)C)C(C)C)(c2ccccc2)c2ccc(OC)cc2)cc1. The van der Waals surface area contributed by atoms with E-state index in [9.17, 15) is 23.2 Å². The predicted molar refractivity (Wildman–Crippen MR) is 213 cm³/mol. The van der Waals surface area contributed by atoms with Crippen LogP contribution < -0.4 is 14.4 Å². The molecule has 1 heterocycles. The molecule has 3 aromatic carbocycles. The molecule has 4 aromatic rings. The van der Waals surface area contributed by atoms with Crippen LogP contribution in [0.3, 0.4) is 0 Å². The molecule has 1 fully saturated rings. The Labute approximate surface area is 334 Å². The van der Waals surface area contributed by atoms with Crippen LogP contribution in [0.2, 0.25) is 0 Å². The number of rotatable bonds is 18. The second kappa shape index (κ2) is 19.7. The topological polar surface area (TPSA) is 106 Å². The first-order valence-electron chi connectivity index (χ1n) is 18.9. The van der Waals surface area contributed by atoms with Gasteiger partial charge < -0.3 is 23.3 Å². The molecule has 1 aromatic heterocycles. The van der Waals surface area contributed by atoms with Crippen molar-refractivity contribution in [2.24, 2.45) is 5.92 Å². The zero-order valence-electron chi connectivity index (χ0n) is 33.1. The molecule has 0 spiro atoms. The van der Waals surface area contributed by atoms with E-state index in [0.29, 0.717) is 11.5 Å². The number of carbonyl (C=O) groups excluding carboxylic acids is 1. The van der Waals surface area contributed by atoms with Gasteiger partial charge in [0.2, 0.25) is 0 Å². The molecule has 1 amide bonds. The summed E-state index contributed by atoms with van der Waals surface area (Å²) < 4.78 is 76.5. The van der Waals surface area contributed by atoms with Gasteiger partial charge in [-0.15, -0.1) is 0 Å². The van der Waals surface area contributed by atoms with Crippen LogP contribution in [0.1, 0.15) is 63.6 Å². The van der Waals surface area contributed by atoms with Gasteiger partial charge in [0, 0.05) is 30.2 Å². The number of nitriles is 1. The third kappa shape index (κ3) is 10.3. The number of halogens is 3. The quantitative estimate of drug-likeness (QED) is 0.0553. The molecule has 0 bridgehead atoms. The number of amides is 1. The van der Waals surface area contributed by atoms with E-state index in [-0.39, 0.29) is 50.2 Å². The number of carbonyl (C=O) groups is 1. The minimum atomic E-state index is -5.15. The fourth-order valence-electron chi connectivity index (χ4n) is 7.42. The molecule has 0 saturated heterocycles. The third-order valence-electron chi connectivity index (χ3n) is 9.93. The molecule has 5 rings (SSSR count). The monoisotopic (exact) mass is 806 g/mol. The number of alkyl halides is 3. The van der Waals surface area contributed by atoms with Gasteiger partial charge in [-0.1, -0.05) is 54.6 Å². The lowest BCUT2D eigenvalue weighted by atomic mass is 9.79. The first-order chi connectivity index (χ1) is 27.3. The number of anilines is 1. The molecule has 0 N–H and O–H groups in total. The Morgan fingerprint density at radius 1 is 0.860 bits per heavy atom. The van der Waals surface area contributed by atoms with Crippen LogP contribution in [0.4, 0.5) is 18.9 Å². The largest absolute Gasteiger partial charge is 0.497 e. The maximum Gasteiger partial charge on any atom is 0.471 e. The van der Waals surface area contributed by atoms with E-state index < -0.39 is 44.3 Å². The number of pyridine rings is 1. The average Bonchev–Trinajstić information content (AvgIpc) is 3.60. The maximum absolute atomic E-state index is 14.3. The van der Waals surface area contributed by atoms with Gasteiger partial charge in [0.1, 0.15) is 17.1 Å². The van der Waals surface area contributed by atoms with E-state index in [4.69, 9.17) is 23.3 Å². The molecule has 1 saturated carbocycles. The lowest BCUT2D eigenvalue weighted by Gasteiger charge is -2.39. The molecule has 1 aliphatic carbocycles. The Morgan fingerprint density at radius 2 is 1.44 bits per heavy atom. The molecular weight excluding hydrogens is 756 g/mol. The molecule has 304 valence electrons. The predicted octanol–water partition coefficient (Wildman–Crippen LogP) is 9.44. The van der Waals surface area contributed by atoms with Gasteiger partial charge in [0.15, 0.2) is 0 Å². The summed E-state index contributed by atoms with van der Waals surface area (Å²) in [7, 11) is 1.38. The zero-order valence-corrected chi connectivity index (χ0v) is 34.0. The van der Waals surface area contributed by atoms with Crippen LogP contribution in [0.25, 0.3) is 0 Å². The zero-order chi connectivity index (χ0) is 41.2. The van der Waals surface area contributed by atoms with E-state index >= 15 is 0 Å². The van der Waals surface area contributed by atoms with Gasteiger partial charge in [-0.25, -0.2) is 4.67 Å². The Hall–Kier alpha value is -4.57. The second-order valence-electron chi connectivity index (χ2n) is 14.3. The van der Waals surface area contributed by atoms with Crippen molar-refractivity contribution in [2.45, 2.75) is 83.0 Å². The van der Waals surface area contributed by atoms with Crippen molar-refractivity contribution in [3.05, 3.63) is 120 Å². The summed E-state index contributed by atoms with van der Waals surface area (Å²) in [5, 5.41) is 9.33. The van der Waals surface area contributed by atoms with Crippen molar-refractivity contribution in [1.82, 2.24) is 9.65 Å². The fourth-order valence-corrected chi connectivity index (χ4v) is 9.21. The van der Waals surface area contributed by atoms with Crippen molar-refractivity contribution >= 4 is 20.1 Å². The molecule has 10 nitrogen and oxygen atoms in total. The summed E-state index contributed by atoms with van der Waals surface area (Å²) in [6.45, 7) is 8.15. The smallest absolute Gasteiger partial charge is 0.471 e. The summed E-state index contributed by atoms with van der Waals surface area (Å²) in [5.74, 6) is -1.22. The summed E-state index contributed by atoms with van der Waals surface area (Å²) in [4.78, 5) is 18.1. The number of aromatic nitrogens is 1.